The predicted molar refractivity (Wildman–Crippen MR) is 69.0 cm³/mol. The second-order valence-electron chi connectivity index (χ2n) is 4.59. The lowest BCUT2D eigenvalue weighted by atomic mass is 10.0. The van der Waals surface area contributed by atoms with E-state index in [2.05, 4.69) is 5.32 Å². The Labute approximate surface area is 120 Å². The molecule has 0 bridgehead atoms. The van der Waals surface area contributed by atoms with Crippen molar-refractivity contribution in [2.24, 2.45) is 5.73 Å². The number of aliphatic hydroxyl groups excluding tert-OH is 5. The van der Waals surface area contributed by atoms with Crippen LogP contribution in [0.15, 0.2) is 0 Å². The normalized spacial score (nSPS) is 18.4. The Bertz CT molecular complexity index is 340. The highest BCUT2D eigenvalue weighted by Crippen LogP contribution is 2.04. The maximum Gasteiger partial charge on any atom is 0.320 e. The molecule has 0 aliphatic heterocycles. The number of aliphatic hydroxyl groups is 5. The molecule has 0 saturated heterocycles. The summed E-state index contributed by atoms with van der Waals surface area (Å²) in [5.41, 5.74) is 5.20. The molecule has 5 atom stereocenters. The molecule has 0 aromatic rings. The van der Waals surface area contributed by atoms with Gasteiger partial charge in [-0.3, -0.25) is 9.59 Å². The zero-order valence-electron chi connectivity index (χ0n) is 11.3. The monoisotopic (exact) mass is 310 g/mol. The van der Waals surface area contributed by atoms with Gasteiger partial charge in [-0.05, 0) is 6.42 Å². The van der Waals surface area contributed by atoms with Gasteiger partial charge in [-0.25, -0.2) is 0 Å². The third kappa shape index (κ3) is 7.32. The minimum Gasteiger partial charge on any atom is -0.480 e. The summed E-state index contributed by atoms with van der Waals surface area (Å²) in [6.45, 7) is -1.22. The minimum absolute atomic E-state index is 0.0916. The van der Waals surface area contributed by atoms with Crippen molar-refractivity contribution in [3.8, 4) is 0 Å². The Morgan fingerprint density at radius 1 is 1.05 bits per heavy atom. The van der Waals surface area contributed by atoms with Crippen LogP contribution in [-0.4, -0.2) is 86.1 Å². The van der Waals surface area contributed by atoms with Gasteiger partial charge in [0.15, 0.2) is 0 Å². The average Bonchev–Trinajstić information content (AvgIpc) is 2.47. The molecule has 9 N–H and O–H groups in total. The van der Waals surface area contributed by atoms with Crippen molar-refractivity contribution in [2.75, 3.05) is 13.2 Å². The van der Waals surface area contributed by atoms with Crippen molar-refractivity contribution in [1.82, 2.24) is 5.32 Å². The highest BCUT2D eigenvalue weighted by atomic mass is 16.4. The first-order valence-corrected chi connectivity index (χ1v) is 6.28. The van der Waals surface area contributed by atoms with E-state index in [1.807, 2.05) is 0 Å². The number of hydrogen-bond donors (Lipinski definition) is 8. The Morgan fingerprint density at radius 3 is 2.05 bits per heavy atom. The van der Waals surface area contributed by atoms with Gasteiger partial charge in [0.25, 0.3) is 0 Å². The van der Waals surface area contributed by atoms with Gasteiger partial charge >= 0.3 is 5.97 Å². The molecule has 1 amide bonds. The number of carboxylic acids is 1. The van der Waals surface area contributed by atoms with E-state index in [4.69, 9.17) is 21.1 Å². The number of hydrogen-bond acceptors (Lipinski definition) is 8. The molecule has 5 unspecified atom stereocenters. The lowest BCUT2D eigenvalue weighted by Crippen LogP contribution is -2.49. The van der Waals surface area contributed by atoms with Crippen LogP contribution in [0.1, 0.15) is 12.8 Å². The van der Waals surface area contributed by atoms with E-state index < -0.39 is 55.5 Å². The smallest absolute Gasteiger partial charge is 0.320 e. The van der Waals surface area contributed by atoms with Crippen LogP contribution in [0.3, 0.4) is 0 Å². The van der Waals surface area contributed by atoms with Crippen LogP contribution in [0.25, 0.3) is 0 Å². The minimum atomic E-state index is -1.78. The summed E-state index contributed by atoms with van der Waals surface area (Å²) in [6.07, 6.45) is -7.02. The van der Waals surface area contributed by atoms with Crippen LogP contribution in [0.4, 0.5) is 0 Å². The molecule has 10 nitrogen and oxygen atoms in total. The van der Waals surface area contributed by atoms with E-state index in [1.54, 1.807) is 0 Å². The average molecular weight is 310 g/mol. The quantitative estimate of drug-likeness (QED) is 0.197. The zero-order chi connectivity index (χ0) is 16.6. The molecule has 21 heavy (non-hydrogen) atoms. The molecular formula is C11H22N2O8. The zero-order valence-corrected chi connectivity index (χ0v) is 11.3. The Morgan fingerprint density at radius 2 is 1.57 bits per heavy atom. The molecule has 10 heteroatoms. The topological polar surface area (TPSA) is 194 Å². The summed E-state index contributed by atoms with van der Waals surface area (Å²) in [6, 6.07) is -1.17. The van der Waals surface area contributed by atoms with E-state index in [1.165, 1.54) is 0 Å². The van der Waals surface area contributed by atoms with E-state index in [9.17, 15) is 24.9 Å². The van der Waals surface area contributed by atoms with Crippen molar-refractivity contribution in [3.63, 3.8) is 0 Å². The third-order valence-corrected chi connectivity index (χ3v) is 2.83. The number of nitrogens with one attached hydrogen (secondary N) is 1. The van der Waals surface area contributed by atoms with Crippen LogP contribution in [0.5, 0.6) is 0 Å². The molecule has 0 aromatic carbocycles. The third-order valence-electron chi connectivity index (χ3n) is 2.83. The first-order chi connectivity index (χ1) is 9.70. The van der Waals surface area contributed by atoms with Crippen molar-refractivity contribution in [2.45, 2.75) is 43.3 Å². The van der Waals surface area contributed by atoms with E-state index in [0.29, 0.717) is 0 Å². The summed E-state index contributed by atoms with van der Waals surface area (Å²) in [7, 11) is 0. The fourth-order valence-corrected chi connectivity index (χ4v) is 1.40. The number of nitrogens with two attached hydrogens (primary N) is 1. The number of amides is 1. The van der Waals surface area contributed by atoms with Gasteiger partial charge in [0.1, 0.15) is 24.4 Å². The Balaban J connectivity index is 4.09. The number of aliphatic carboxylic acids is 1. The van der Waals surface area contributed by atoms with Gasteiger partial charge in [-0.15, -0.1) is 0 Å². The van der Waals surface area contributed by atoms with Gasteiger partial charge < -0.3 is 41.7 Å². The highest BCUT2D eigenvalue weighted by molar-refractivity contribution is 5.78. The summed E-state index contributed by atoms with van der Waals surface area (Å²) in [5, 5.41) is 56.7. The summed E-state index contributed by atoms with van der Waals surface area (Å²) >= 11 is 0. The number of carbonyl (C=O) groups excluding carboxylic acids is 1. The molecule has 0 radical (unpaired) electrons. The molecule has 0 heterocycles. The number of carbonyl (C=O) groups is 2. The van der Waals surface area contributed by atoms with E-state index in [0.717, 1.165) is 0 Å². The number of rotatable bonds is 10. The van der Waals surface area contributed by atoms with Crippen molar-refractivity contribution < 1.29 is 40.2 Å². The van der Waals surface area contributed by atoms with Gasteiger partial charge in [0, 0.05) is 13.0 Å². The SMILES string of the molecule is NC(CCC(=O)NCC(O)C(O)C(O)C(O)CO)C(=O)O. The van der Waals surface area contributed by atoms with Crippen LogP contribution in [0, 0.1) is 0 Å². The van der Waals surface area contributed by atoms with Crippen LogP contribution in [-0.2, 0) is 9.59 Å². The summed E-state index contributed by atoms with van der Waals surface area (Å²) in [4.78, 5) is 21.8. The molecule has 0 aromatic heterocycles. The number of carboxylic acid groups (broad SMARTS) is 1. The standard InChI is InChI=1S/C11H22N2O8/c12-5(11(20)21)1-2-8(17)13-3-6(15)9(18)10(19)7(16)4-14/h5-7,9-10,14-16,18-19H,1-4,12H2,(H,13,17)(H,20,21). The molecule has 0 fully saturated rings. The van der Waals surface area contributed by atoms with Crippen LogP contribution >= 0.6 is 0 Å². The molecule has 124 valence electrons. The largest absolute Gasteiger partial charge is 0.480 e. The molecule has 0 spiro atoms. The fraction of sp³-hybridized carbons (Fsp3) is 0.818. The van der Waals surface area contributed by atoms with Gasteiger partial charge in [-0.1, -0.05) is 0 Å². The maximum atomic E-state index is 11.4. The second kappa shape index (κ2) is 9.60. The lowest BCUT2D eigenvalue weighted by Gasteiger charge is -2.25. The van der Waals surface area contributed by atoms with Gasteiger partial charge in [0.05, 0.1) is 12.7 Å². The molecule has 0 aliphatic rings. The van der Waals surface area contributed by atoms with Crippen molar-refractivity contribution in [1.29, 1.82) is 0 Å². The molecule has 0 saturated carbocycles. The summed E-state index contributed by atoms with van der Waals surface area (Å²) in [5.74, 6) is -1.82. The first-order valence-electron chi connectivity index (χ1n) is 6.28. The fourth-order valence-electron chi connectivity index (χ4n) is 1.40. The van der Waals surface area contributed by atoms with Gasteiger partial charge in [0.2, 0.25) is 5.91 Å². The first kappa shape index (κ1) is 19.7. The maximum absolute atomic E-state index is 11.4. The van der Waals surface area contributed by atoms with Gasteiger partial charge in [-0.2, -0.15) is 0 Å². The van der Waals surface area contributed by atoms with Crippen molar-refractivity contribution in [3.05, 3.63) is 0 Å². The Hall–Kier alpha value is -1.30. The van der Waals surface area contributed by atoms with Crippen molar-refractivity contribution >= 4 is 11.9 Å². The molecular weight excluding hydrogens is 288 g/mol. The van der Waals surface area contributed by atoms with E-state index in [-0.39, 0.29) is 12.8 Å². The van der Waals surface area contributed by atoms with E-state index >= 15 is 0 Å². The molecule has 0 aliphatic carbocycles. The highest BCUT2D eigenvalue weighted by Gasteiger charge is 2.30. The Kier molecular flexibility index (Phi) is 9.01. The second-order valence-corrected chi connectivity index (χ2v) is 4.59. The lowest BCUT2D eigenvalue weighted by molar-refractivity contribution is -0.138. The molecule has 0 rings (SSSR count). The predicted octanol–water partition coefficient (Wildman–Crippen LogP) is -4.27. The summed E-state index contributed by atoms with van der Waals surface area (Å²) < 4.78 is 0. The van der Waals surface area contributed by atoms with Crippen LogP contribution in [0.2, 0.25) is 0 Å². The van der Waals surface area contributed by atoms with Crippen LogP contribution < -0.4 is 11.1 Å².